The first kappa shape index (κ1) is 19.9. The van der Waals surface area contributed by atoms with Gasteiger partial charge in [0.2, 0.25) is 0 Å². The number of nitrogen functional groups attached to an aromatic ring is 1. The molecule has 0 aliphatic carbocycles. The van der Waals surface area contributed by atoms with Crippen molar-refractivity contribution in [3.63, 3.8) is 0 Å². The van der Waals surface area contributed by atoms with Crippen molar-refractivity contribution in [1.82, 2.24) is 9.97 Å². The summed E-state index contributed by atoms with van der Waals surface area (Å²) in [5.41, 5.74) is 10.1. The molecule has 3 heterocycles. The molecule has 4 rings (SSSR count). The van der Waals surface area contributed by atoms with Crippen molar-refractivity contribution in [3.05, 3.63) is 47.5 Å². The number of fused-ring (bicyclic) bond motifs is 1. The number of carbonyl (C=O) groups is 1. The number of aldehydes is 1. The molecule has 1 atom stereocenters. The van der Waals surface area contributed by atoms with Crippen LogP contribution in [0.15, 0.2) is 46.1 Å². The van der Waals surface area contributed by atoms with Gasteiger partial charge in [0.05, 0.1) is 16.5 Å². The zero-order valence-electron chi connectivity index (χ0n) is 15.8. The lowest BCUT2D eigenvalue weighted by Gasteiger charge is -2.08. The summed E-state index contributed by atoms with van der Waals surface area (Å²) in [4.78, 5) is 21.2. The molecule has 0 saturated heterocycles. The van der Waals surface area contributed by atoms with Gasteiger partial charge >= 0.3 is 0 Å². The summed E-state index contributed by atoms with van der Waals surface area (Å²) in [7, 11) is -1.16. The molecule has 29 heavy (non-hydrogen) atoms. The summed E-state index contributed by atoms with van der Waals surface area (Å²) in [6, 6.07) is 9.33. The van der Waals surface area contributed by atoms with E-state index in [-0.39, 0.29) is 0 Å². The number of thiazole rings is 1. The highest BCUT2D eigenvalue weighted by Gasteiger charge is 2.21. The van der Waals surface area contributed by atoms with E-state index in [2.05, 4.69) is 11.9 Å². The fraction of sp³-hybridized carbons (Fsp3) is 0.190. The molecule has 4 aromatic rings. The van der Waals surface area contributed by atoms with Gasteiger partial charge in [-0.3, -0.25) is 9.00 Å². The van der Waals surface area contributed by atoms with E-state index in [1.165, 1.54) is 22.7 Å². The summed E-state index contributed by atoms with van der Waals surface area (Å²) in [6.45, 7) is 2.07. The van der Waals surface area contributed by atoms with Crippen LogP contribution in [0.2, 0.25) is 0 Å². The van der Waals surface area contributed by atoms with E-state index in [1.54, 1.807) is 12.3 Å². The quantitative estimate of drug-likeness (QED) is 0.389. The van der Waals surface area contributed by atoms with E-state index < -0.39 is 10.8 Å². The molecule has 0 bridgehead atoms. The molecule has 5 nitrogen and oxygen atoms in total. The third-order valence-corrected chi connectivity index (χ3v) is 8.33. The topological polar surface area (TPSA) is 85.9 Å². The largest absolute Gasteiger partial charge is 0.396 e. The SMILES string of the molecule is CCCCS(=O)c1sc2nc(-c3nccs3)cc(-c3cccc(C=O)c3)c2c1N. The van der Waals surface area contributed by atoms with Crippen molar-refractivity contribution in [3.8, 4) is 21.8 Å². The Balaban J connectivity index is 1.96. The highest BCUT2D eigenvalue weighted by Crippen LogP contribution is 2.43. The lowest BCUT2D eigenvalue weighted by Crippen LogP contribution is -1.99. The number of thiophene rings is 1. The van der Waals surface area contributed by atoms with Crippen LogP contribution in [0.5, 0.6) is 0 Å². The zero-order chi connectivity index (χ0) is 20.4. The van der Waals surface area contributed by atoms with Gasteiger partial charge in [-0.2, -0.15) is 0 Å². The predicted molar refractivity (Wildman–Crippen MR) is 122 cm³/mol. The zero-order valence-corrected chi connectivity index (χ0v) is 18.2. The van der Waals surface area contributed by atoms with E-state index in [0.29, 0.717) is 21.2 Å². The summed E-state index contributed by atoms with van der Waals surface area (Å²) in [5.74, 6) is 0.586. The number of carbonyl (C=O) groups excluding carboxylic acids is 1. The molecular formula is C21H19N3O2S3. The minimum absolute atomic E-state index is 0.518. The highest BCUT2D eigenvalue weighted by molar-refractivity contribution is 7.87. The summed E-state index contributed by atoms with van der Waals surface area (Å²) < 4.78 is 13.5. The number of hydrogen-bond acceptors (Lipinski definition) is 7. The van der Waals surface area contributed by atoms with Gasteiger partial charge in [-0.25, -0.2) is 9.97 Å². The standard InChI is InChI=1S/C21H19N3O2S3/c1-2-3-9-29(26)21-18(22)17-15(14-6-4-5-13(10-14)12-25)11-16(24-20(17)28-21)19-23-7-8-27-19/h4-8,10-12H,2-3,9,22H2,1H3. The Morgan fingerprint density at radius 3 is 2.86 bits per heavy atom. The molecule has 0 fully saturated rings. The highest BCUT2D eigenvalue weighted by atomic mass is 32.2. The molecule has 0 spiro atoms. The smallest absolute Gasteiger partial charge is 0.150 e. The second-order valence-electron chi connectivity index (χ2n) is 6.52. The Bertz CT molecular complexity index is 1200. The Morgan fingerprint density at radius 2 is 2.14 bits per heavy atom. The Morgan fingerprint density at radius 1 is 1.28 bits per heavy atom. The fourth-order valence-electron chi connectivity index (χ4n) is 3.10. The Labute approximate surface area is 179 Å². The van der Waals surface area contributed by atoms with E-state index >= 15 is 0 Å². The summed E-state index contributed by atoms with van der Waals surface area (Å²) in [6.07, 6.45) is 4.43. The fourth-order valence-corrected chi connectivity index (χ4v) is 6.50. The first-order chi connectivity index (χ1) is 14.1. The number of benzene rings is 1. The van der Waals surface area contributed by atoms with Crippen molar-refractivity contribution < 1.29 is 9.00 Å². The van der Waals surface area contributed by atoms with Crippen molar-refractivity contribution in [2.24, 2.45) is 0 Å². The number of nitrogens with two attached hydrogens (primary N) is 1. The maximum Gasteiger partial charge on any atom is 0.150 e. The van der Waals surface area contributed by atoms with Crippen molar-refractivity contribution >= 4 is 55.7 Å². The summed E-state index contributed by atoms with van der Waals surface area (Å²) >= 11 is 2.89. The van der Waals surface area contributed by atoms with Crippen molar-refractivity contribution in [2.75, 3.05) is 11.5 Å². The molecule has 0 aliphatic heterocycles. The maximum atomic E-state index is 12.8. The molecule has 148 valence electrons. The van der Waals surface area contributed by atoms with Gasteiger partial charge in [0, 0.05) is 28.3 Å². The number of unbranched alkanes of at least 4 members (excludes halogenated alkanes) is 1. The van der Waals surface area contributed by atoms with E-state index in [4.69, 9.17) is 10.7 Å². The minimum Gasteiger partial charge on any atom is -0.396 e. The average molecular weight is 442 g/mol. The molecule has 0 aliphatic rings. The van der Waals surface area contributed by atoms with Crippen LogP contribution in [0.4, 0.5) is 5.69 Å². The third kappa shape index (κ3) is 3.88. The number of rotatable bonds is 7. The van der Waals surface area contributed by atoms with Gasteiger partial charge in [0.15, 0.2) is 0 Å². The number of pyridine rings is 1. The summed E-state index contributed by atoms with van der Waals surface area (Å²) in [5, 5.41) is 3.50. The van der Waals surface area contributed by atoms with Crippen LogP contribution < -0.4 is 5.73 Å². The van der Waals surface area contributed by atoms with Crippen LogP contribution in [0.3, 0.4) is 0 Å². The van der Waals surface area contributed by atoms with Crippen LogP contribution in [-0.4, -0.2) is 26.2 Å². The molecule has 3 aromatic heterocycles. The third-order valence-electron chi connectivity index (χ3n) is 4.54. The Hall–Kier alpha value is -2.42. The monoisotopic (exact) mass is 441 g/mol. The number of nitrogens with zero attached hydrogens (tertiary/aromatic N) is 2. The van der Waals surface area contributed by atoms with Gasteiger partial charge in [-0.1, -0.05) is 31.5 Å². The normalized spacial score (nSPS) is 12.3. The number of aromatic nitrogens is 2. The van der Waals surface area contributed by atoms with E-state index in [0.717, 1.165) is 51.2 Å². The van der Waals surface area contributed by atoms with E-state index in [1.807, 2.05) is 29.6 Å². The van der Waals surface area contributed by atoms with Crippen LogP contribution in [-0.2, 0) is 10.8 Å². The lowest BCUT2D eigenvalue weighted by molar-refractivity contribution is 0.112. The number of hydrogen-bond donors (Lipinski definition) is 1. The van der Waals surface area contributed by atoms with Gasteiger partial charge in [0.1, 0.15) is 26.0 Å². The maximum absolute atomic E-state index is 12.8. The van der Waals surface area contributed by atoms with Crippen molar-refractivity contribution in [1.29, 1.82) is 0 Å². The second-order valence-corrected chi connectivity index (χ2v) is 10.2. The Kier molecular flexibility index (Phi) is 5.84. The van der Waals surface area contributed by atoms with E-state index in [9.17, 15) is 9.00 Å². The molecule has 1 aromatic carbocycles. The molecule has 8 heteroatoms. The predicted octanol–water partition coefficient (Wildman–Crippen LogP) is 5.39. The molecule has 0 radical (unpaired) electrons. The average Bonchev–Trinajstić information content (AvgIpc) is 3.40. The first-order valence-electron chi connectivity index (χ1n) is 9.19. The van der Waals surface area contributed by atoms with Gasteiger partial charge < -0.3 is 5.73 Å². The minimum atomic E-state index is -1.16. The second kappa shape index (κ2) is 8.52. The molecule has 1 unspecified atom stereocenters. The van der Waals surface area contributed by atoms with Crippen LogP contribution >= 0.6 is 22.7 Å². The van der Waals surface area contributed by atoms with Crippen molar-refractivity contribution in [2.45, 2.75) is 24.0 Å². The van der Waals surface area contributed by atoms with Gasteiger partial charge in [-0.05, 0) is 29.7 Å². The molecular weight excluding hydrogens is 422 g/mol. The number of anilines is 1. The van der Waals surface area contributed by atoms with Gasteiger partial charge in [0.25, 0.3) is 0 Å². The lowest BCUT2D eigenvalue weighted by atomic mass is 10.0. The molecule has 0 saturated carbocycles. The van der Waals surface area contributed by atoms with Gasteiger partial charge in [-0.15, -0.1) is 22.7 Å². The van der Waals surface area contributed by atoms with Crippen LogP contribution in [0.1, 0.15) is 30.1 Å². The first-order valence-corrected chi connectivity index (χ1v) is 12.2. The van der Waals surface area contributed by atoms with Crippen LogP contribution in [0, 0.1) is 0 Å². The molecule has 0 amide bonds. The molecule has 2 N–H and O–H groups in total. The van der Waals surface area contributed by atoms with Crippen LogP contribution in [0.25, 0.3) is 32.0 Å².